The second-order valence-corrected chi connectivity index (χ2v) is 9.07. The van der Waals surface area contributed by atoms with E-state index in [0.29, 0.717) is 46.4 Å². The Morgan fingerprint density at radius 1 is 0.868 bits per heavy atom. The summed E-state index contributed by atoms with van der Waals surface area (Å²) in [6, 6.07) is 24.0. The first kappa shape index (κ1) is 25.1. The van der Waals surface area contributed by atoms with Crippen LogP contribution in [0.25, 0.3) is 6.08 Å². The number of nitrogens with one attached hydrogen (secondary N) is 1. The van der Waals surface area contributed by atoms with Crippen LogP contribution in [0.1, 0.15) is 5.56 Å². The molecule has 38 heavy (non-hydrogen) atoms. The predicted octanol–water partition coefficient (Wildman–Crippen LogP) is 4.85. The summed E-state index contributed by atoms with van der Waals surface area (Å²) in [5.74, 6) is 2.18. The van der Waals surface area contributed by atoms with Crippen molar-refractivity contribution in [3.05, 3.63) is 90.0 Å². The van der Waals surface area contributed by atoms with Crippen molar-refractivity contribution >= 4 is 39.8 Å². The number of hydrazone groups is 1. The van der Waals surface area contributed by atoms with Crippen LogP contribution in [-0.4, -0.2) is 53.9 Å². The number of carbonyl (C=O) groups is 1. The van der Waals surface area contributed by atoms with Gasteiger partial charge >= 0.3 is 0 Å². The van der Waals surface area contributed by atoms with Gasteiger partial charge in [0, 0.05) is 0 Å². The number of amides is 1. The monoisotopic (exact) mass is 528 g/mol. The highest BCUT2D eigenvalue weighted by molar-refractivity contribution is 8.27. The number of amidine groups is 2. The predicted molar refractivity (Wildman–Crippen MR) is 147 cm³/mol. The van der Waals surface area contributed by atoms with Crippen molar-refractivity contribution in [1.82, 2.24) is 5.01 Å². The fraction of sp³-hybridized carbons (Fsp3) is 0.143. The quantitative estimate of drug-likeness (QED) is 0.296. The van der Waals surface area contributed by atoms with E-state index in [4.69, 9.17) is 24.4 Å². The van der Waals surface area contributed by atoms with Crippen LogP contribution in [0.4, 0.5) is 0 Å². The lowest BCUT2D eigenvalue weighted by molar-refractivity contribution is -0.114. The van der Waals surface area contributed by atoms with Crippen molar-refractivity contribution in [3.8, 4) is 23.0 Å². The van der Waals surface area contributed by atoms with Crippen LogP contribution >= 0.6 is 11.8 Å². The summed E-state index contributed by atoms with van der Waals surface area (Å²) in [4.78, 5) is 16.8. The molecule has 10 heteroatoms. The zero-order chi connectivity index (χ0) is 26.3. The van der Waals surface area contributed by atoms with Gasteiger partial charge in [0.1, 0.15) is 36.4 Å². The molecule has 0 saturated carbocycles. The Kier molecular flexibility index (Phi) is 7.70. The second-order valence-electron chi connectivity index (χ2n) is 8.03. The summed E-state index contributed by atoms with van der Waals surface area (Å²) in [5, 5.41) is 15.3. The Morgan fingerprint density at radius 2 is 1.55 bits per heavy atom. The minimum atomic E-state index is -0.483. The number of ether oxygens (including phenoxy) is 4. The Morgan fingerprint density at radius 3 is 2.32 bits per heavy atom. The van der Waals surface area contributed by atoms with Gasteiger partial charge in [-0.3, -0.25) is 10.2 Å². The van der Waals surface area contributed by atoms with Crippen LogP contribution < -0.4 is 18.9 Å². The minimum absolute atomic E-state index is 0.0315. The fourth-order valence-electron chi connectivity index (χ4n) is 3.63. The molecule has 192 valence electrons. The van der Waals surface area contributed by atoms with Crippen LogP contribution in [0, 0.1) is 5.41 Å². The first-order chi connectivity index (χ1) is 18.6. The first-order valence-electron chi connectivity index (χ1n) is 11.8. The van der Waals surface area contributed by atoms with Crippen molar-refractivity contribution < 1.29 is 23.7 Å². The fourth-order valence-corrected chi connectivity index (χ4v) is 4.43. The van der Waals surface area contributed by atoms with Crippen LogP contribution in [0.5, 0.6) is 23.0 Å². The molecular weight excluding hydrogens is 504 g/mol. The lowest BCUT2D eigenvalue weighted by Crippen LogP contribution is -2.35. The number of para-hydroxylation sites is 3. The van der Waals surface area contributed by atoms with Crippen molar-refractivity contribution in [2.75, 3.05) is 26.9 Å². The number of fused-ring (bicyclic) bond motifs is 1. The molecule has 0 unspecified atom stereocenters. The Labute approximate surface area is 223 Å². The van der Waals surface area contributed by atoms with Gasteiger partial charge in [-0.25, -0.2) is 0 Å². The molecule has 0 atom stereocenters. The topological polar surface area (TPSA) is 106 Å². The second kappa shape index (κ2) is 11.7. The normalized spacial score (nSPS) is 15.6. The van der Waals surface area contributed by atoms with Gasteiger partial charge in [-0.15, -0.1) is 0 Å². The van der Waals surface area contributed by atoms with Gasteiger partial charge < -0.3 is 18.9 Å². The third kappa shape index (κ3) is 5.87. The summed E-state index contributed by atoms with van der Waals surface area (Å²) in [6.07, 6.45) is 1.62. The summed E-state index contributed by atoms with van der Waals surface area (Å²) in [6.45, 7) is 0.918. The summed E-state index contributed by atoms with van der Waals surface area (Å²) in [5.41, 5.74) is 0.889. The van der Waals surface area contributed by atoms with E-state index in [0.717, 1.165) is 5.56 Å². The van der Waals surface area contributed by atoms with Gasteiger partial charge in [-0.05, 0) is 59.8 Å². The van der Waals surface area contributed by atoms with Crippen LogP contribution in [-0.2, 0) is 4.79 Å². The molecule has 0 fully saturated rings. The lowest BCUT2D eigenvalue weighted by atomic mass is 10.1. The summed E-state index contributed by atoms with van der Waals surface area (Å²) >= 11 is 1.22. The van der Waals surface area contributed by atoms with Crippen LogP contribution in [0.15, 0.2) is 94.5 Å². The Balaban J connectivity index is 1.17. The van der Waals surface area contributed by atoms with Gasteiger partial charge in [0.05, 0.1) is 12.7 Å². The van der Waals surface area contributed by atoms with Crippen molar-refractivity contribution in [2.24, 2.45) is 10.1 Å². The highest BCUT2D eigenvalue weighted by Crippen LogP contribution is 2.29. The van der Waals surface area contributed by atoms with E-state index in [-0.39, 0.29) is 18.0 Å². The molecule has 2 aliphatic heterocycles. The van der Waals surface area contributed by atoms with Gasteiger partial charge in [-0.2, -0.15) is 15.1 Å². The molecule has 3 aromatic rings. The van der Waals surface area contributed by atoms with E-state index in [9.17, 15) is 4.79 Å². The van der Waals surface area contributed by atoms with E-state index in [2.05, 4.69) is 10.1 Å². The number of rotatable bonds is 10. The van der Waals surface area contributed by atoms with Gasteiger partial charge in [0.2, 0.25) is 5.17 Å². The van der Waals surface area contributed by atoms with E-state index in [1.165, 1.54) is 16.8 Å². The van der Waals surface area contributed by atoms with Crippen molar-refractivity contribution in [3.63, 3.8) is 0 Å². The molecule has 0 saturated heterocycles. The third-order valence-corrected chi connectivity index (χ3v) is 6.35. The summed E-state index contributed by atoms with van der Waals surface area (Å²) in [7, 11) is 1.60. The molecule has 5 rings (SSSR count). The van der Waals surface area contributed by atoms with Gasteiger partial charge in [-0.1, -0.05) is 42.5 Å². The minimum Gasteiger partial charge on any atom is -0.493 e. The number of methoxy groups -OCH3 is 1. The number of carbonyl (C=O) groups excluding carboxylic acids is 1. The number of thioether (sulfide) groups is 1. The number of benzene rings is 3. The Bertz CT molecular complexity index is 1420. The third-order valence-electron chi connectivity index (χ3n) is 5.47. The molecule has 0 spiro atoms. The van der Waals surface area contributed by atoms with E-state index < -0.39 is 5.91 Å². The highest BCUT2D eigenvalue weighted by atomic mass is 32.2. The largest absolute Gasteiger partial charge is 0.493 e. The number of hydrogen-bond donors (Lipinski definition) is 1. The molecular formula is C28H24N4O5S. The van der Waals surface area contributed by atoms with E-state index in [1.807, 2.05) is 66.7 Å². The van der Waals surface area contributed by atoms with Crippen LogP contribution in [0.2, 0.25) is 0 Å². The zero-order valence-corrected chi connectivity index (χ0v) is 21.3. The average Bonchev–Trinajstić information content (AvgIpc) is 3.36. The molecule has 0 radical (unpaired) electrons. The Hall–Kier alpha value is -4.57. The average molecular weight is 529 g/mol. The maximum Gasteiger partial charge on any atom is 0.283 e. The molecule has 0 aliphatic carbocycles. The van der Waals surface area contributed by atoms with Crippen LogP contribution in [0.3, 0.4) is 0 Å². The SMILES string of the molecule is COc1ccccc1OCCOc1ccc(/C=C2/C(=N)N3N=C(COc4ccccc4)SC3=NC2=O)cc1. The van der Waals surface area contributed by atoms with E-state index >= 15 is 0 Å². The molecule has 9 nitrogen and oxygen atoms in total. The molecule has 2 aliphatic rings. The smallest absolute Gasteiger partial charge is 0.283 e. The lowest BCUT2D eigenvalue weighted by Gasteiger charge is -2.20. The number of aliphatic imine (C=N–C) groups is 1. The van der Waals surface area contributed by atoms with Gasteiger partial charge in [0.15, 0.2) is 17.3 Å². The van der Waals surface area contributed by atoms with Gasteiger partial charge in [0.25, 0.3) is 5.91 Å². The van der Waals surface area contributed by atoms with Crippen molar-refractivity contribution in [1.29, 1.82) is 5.41 Å². The molecule has 0 bridgehead atoms. The molecule has 1 amide bonds. The molecule has 3 aromatic carbocycles. The highest BCUT2D eigenvalue weighted by Gasteiger charge is 2.35. The standard InChI is InChI=1S/C28H24N4O5S/c1-34-23-9-5-6-10-24(23)36-16-15-35-21-13-11-19(12-14-21)17-22-26(29)32-28(30-27(22)33)38-25(31-32)18-37-20-7-3-2-4-8-20/h2-14,17,29H,15-16,18H2,1H3/b22-17-,29-26?. The maximum absolute atomic E-state index is 12.7. The van der Waals surface area contributed by atoms with E-state index in [1.54, 1.807) is 25.3 Å². The number of nitrogens with zero attached hydrogens (tertiary/aromatic N) is 3. The molecule has 2 heterocycles. The first-order valence-corrected chi connectivity index (χ1v) is 12.6. The number of hydrogen-bond acceptors (Lipinski definition) is 8. The molecule has 1 N–H and O–H groups in total. The molecule has 0 aromatic heterocycles. The van der Waals surface area contributed by atoms with Crippen molar-refractivity contribution in [2.45, 2.75) is 0 Å². The maximum atomic E-state index is 12.7. The summed E-state index contributed by atoms with van der Waals surface area (Å²) < 4.78 is 22.5. The zero-order valence-electron chi connectivity index (χ0n) is 20.5.